The van der Waals surface area contributed by atoms with Crippen molar-refractivity contribution in [3.8, 4) is 5.75 Å². The van der Waals surface area contributed by atoms with E-state index < -0.39 is 5.82 Å². The van der Waals surface area contributed by atoms with Crippen LogP contribution in [0.3, 0.4) is 0 Å². The molecule has 28 heavy (non-hydrogen) atoms. The molecule has 0 radical (unpaired) electrons. The Labute approximate surface area is 165 Å². The highest BCUT2D eigenvalue weighted by molar-refractivity contribution is 5.92. The predicted molar refractivity (Wildman–Crippen MR) is 105 cm³/mol. The smallest absolute Gasteiger partial charge is 0.269 e. The molecular formula is C21H29F2N3O2. The number of unbranched alkanes of at least 4 members (excludes halogenated alkanes) is 4. The molecule has 1 amide bonds. The maximum atomic E-state index is 14.6. The van der Waals surface area contributed by atoms with Gasteiger partial charge in [0.15, 0.2) is 11.6 Å². The number of rotatable bonds is 12. The van der Waals surface area contributed by atoms with Crippen LogP contribution in [0.5, 0.6) is 5.75 Å². The van der Waals surface area contributed by atoms with Crippen molar-refractivity contribution in [2.45, 2.75) is 52.0 Å². The van der Waals surface area contributed by atoms with E-state index in [1.54, 1.807) is 31.3 Å². The molecule has 1 aromatic heterocycles. The average Bonchev–Trinajstić information content (AvgIpc) is 3.08. The number of carbonyl (C=O) groups is 1. The van der Waals surface area contributed by atoms with Crippen LogP contribution in [0.1, 0.15) is 60.8 Å². The molecule has 5 nitrogen and oxygen atoms in total. The van der Waals surface area contributed by atoms with Crippen LogP contribution < -0.4 is 10.1 Å². The summed E-state index contributed by atoms with van der Waals surface area (Å²) in [5, 5.41) is 6.98. The number of nitrogens with zero attached hydrogens (tertiary/aromatic N) is 2. The summed E-state index contributed by atoms with van der Waals surface area (Å²) in [6.07, 6.45) is 4.90. The van der Waals surface area contributed by atoms with Crippen molar-refractivity contribution in [2.75, 3.05) is 13.3 Å². The van der Waals surface area contributed by atoms with Gasteiger partial charge in [0.25, 0.3) is 5.91 Å². The number of benzene rings is 1. The summed E-state index contributed by atoms with van der Waals surface area (Å²) < 4.78 is 33.7. The molecule has 0 saturated heterocycles. The number of hydrogen-bond acceptors (Lipinski definition) is 3. The molecule has 0 aliphatic carbocycles. The number of aryl methyl sites for hydroxylation is 2. The highest BCUT2D eigenvalue weighted by Crippen LogP contribution is 2.21. The van der Waals surface area contributed by atoms with Crippen molar-refractivity contribution in [2.24, 2.45) is 7.05 Å². The minimum absolute atomic E-state index is 0.0672. The van der Waals surface area contributed by atoms with Gasteiger partial charge in [0.1, 0.15) is 5.69 Å². The van der Waals surface area contributed by atoms with Crippen molar-refractivity contribution >= 4 is 5.91 Å². The first-order chi connectivity index (χ1) is 13.6. The van der Waals surface area contributed by atoms with Gasteiger partial charge in [0.05, 0.1) is 19.0 Å². The minimum atomic E-state index is -0.459. The summed E-state index contributed by atoms with van der Waals surface area (Å²) >= 11 is 0. The Bertz CT molecular complexity index is 762. The highest BCUT2D eigenvalue weighted by atomic mass is 19.1. The molecule has 0 aliphatic rings. The van der Waals surface area contributed by atoms with Gasteiger partial charge in [0.2, 0.25) is 0 Å². The molecule has 7 heteroatoms. The first kappa shape index (κ1) is 21.9. The fourth-order valence-electron chi connectivity index (χ4n) is 2.89. The first-order valence-corrected chi connectivity index (χ1v) is 9.84. The van der Waals surface area contributed by atoms with Gasteiger partial charge in [-0.1, -0.05) is 38.3 Å². The number of halogens is 2. The average molecular weight is 393 g/mol. The standard InChI is InChI=1S/C21H29F2N3O2/c1-3-17-14-18(26(2)25-17)21(27)24-15-16-10-9-11-19(20(16)23)28-13-8-6-4-5-7-12-22/h9-11,14H,3-8,12-13,15H2,1-2H3,(H,24,27). The number of nitrogens with one attached hydrogen (secondary N) is 1. The van der Waals surface area contributed by atoms with E-state index in [4.69, 9.17) is 4.74 Å². The normalized spacial score (nSPS) is 10.9. The molecule has 0 saturated carbocycles. The Hall–Kier alpha value is -2.44. The molecule has 0 spiro atoms. The van der Waals surface area contributed by atoms with Crippen LogP contribution in [0.15, 0.2) is 24.3 Å². The fraction of sp³-hybridized carbons (Fsp3) is 0.524. The molecule has 0 aliphatic heterocycles. The number of aromatic nitrogens is 2. The van der Waals surface area contributed by atoms with E-state index in [2.05, 4.69) is 10.4 Å². The lowest BCUT2D eigenvalue weighted by molar-refractivity contribution is 0.0941. The monoisotopic (exact) mass is 393 g/mol. The van der Waals surface area contributed by atoms with Crippen molar-refractivity contribution < 1.29 is 18.3 Å². The molecule has 0 unspecified atom stereocenters. The predicted octanol–water partition coefficient (Wildman–Crippen LogP) is 4.35. The second kappa shape index (κ2) is 11.4. The maximum Gasteiger partial charge on any atom is 0.269 e. The molecule has 1 N–H and O–H groups in total. The van der Waals surface area contributed by atoms with E-state index in [1.807, 2.05) is 6.92 Å². The molecule has 1 aromatic carbocycles. The zero-order valence-corrected chi connectivity index (χ0v) is 16.6. The number of alkyl halides is 1. The lowest BCUT2D eigenvalue weighted by Gasteiger charge is -2.11. The molecule has 0 atom stereocenters. The zero-order chi connectivity index (χ0) is 20.4. The summed E-state index contributed by atoms with van der Waals surface area (Å²) in [7, 11) is 1.71. The van der Waals surface area contributed by atoms with E-state index in [1.165, 1.54) is 4.68 Å². The third-order valence-corrected chi connectivity index (χ3v) is 4.54. The van der Waals surface area contributed by atoms with Gasteiger partial charge < -0.3 is 10.1 Å². The van der Waals surface area contributed by atoms with Gasteiger partial charge in [-0.25, -0.2) is 4.39 Å². The summed E-state index contributed by atoms with van der Waals surface area (Å²) in [6.45, 7) is 2.18. The van der Waals surface area contributed by atoms with E-state index in [-0.39, 0.29) is 24.9 Å². The number of amides is 1. The third-order valence-electron chi connectivity index (χ3n) is 4.54. The van der Waals surface area contributed by atoms with Crippen LogP contribution in [0, 0.1) is 5.82 Å². The molecule has 0 fully saturated rings. The minimum Gasteiger partial charge on any atom is -0.491 e. The Morgan fingerprint density at radius 2 is 1.96 bits per heavy atom. The Morgan fingerprint density at radius 3 is 2.68 bits per heavy atom. The van der Waals surface area contributed by atoms with Gasteiger partial charge in [-0.15, -0.1) is 0 Å². The second-order valence-electron chi connectivity index (χ2n) is 6.72. The molecular weight excluding hydrogens is 364 g/mol. The van der Waals surface area contributed by atoms with Gasteiger partial charge in [-0.2, -0.15) is 5.10 Å². The van der Waals surface area contributed by atoms with Gasteiger partial charge in [0, 0.05) is 19.2 Å². The number of carbonyl (C=O) groups excluding carboxylic acids is 1. The van der Waals surface area contributed by atoms with Crippen LogP contribution in [0.25, 0.3) is 0 Å². The first-order valence-electron chi connectivity index (χ1n) is 9.84. The Kier molecular flexibility index (Phi) is 8.91. The summed E-state index contributed by atoms with van der Waals surface area (Å²) in [5.74, 6) is -0.572. The van der Waals surface area contributed by atoms with Crippen LogP contribution in [0.2, 0.25) is 0 Å². The van der Waals surface area contributed by atoms with Crippen LogP contribution in [0.4, 0.5) is 8.78 Å². The summed E-state index contributed by atoms with van der Waals surface area (Å²) in [5.41, 5.74) is 1.64. The second-order valence-corrected chi connectivity index (χ2v) is 6.72. The SMILES string of the molecule is CCc1cc(C(=O)NCc2cccc(OCCCCCCCF)c2F)n(C)n1. The quantitative estimate of drug-likeness (QED) is 0.546. The summed E-state index contributed by atoms with van der Waals surface area (Å²) in [6, 6.07) is 6.65. The number of ether oxygens (including phenoxy) is 1. The Balaban J connectivity index is 1.84. The van der Waals surface area contributed by atoms with E-state index in [0.29, 0.717) is 24.3 Å². The summed E-state index contributed by atoms with van der Waals surface area (Å²) in [4.78, 5) is 12.3. The van der Waals surface area contributed by atoms with Crippen molar-refractivity contribution in [3.05, 3.63) is 47.0 Å². The topological polar surface area (TPSA) is 56.1 Å². The van der Waals surface area contributed by atoms with Crippen molar-refractivity contribution in [1.82, 2.24) is 15.1 Å². The zero-order valence-electron chi connectivity index (χ0n) is 16.6. The molecule has 2 rings (SSSR count). The van der Waals surface area contributed by atoms with E-state index >= 15 is 0 Å². The van der Waals surface area contributed by atoms with Gasteiger partial charge >= 0.3 is 0 Å². The van der Waals surface area contributed by atoms with Crippen molar-refractivity contribution in [1.29, 1.82) is 0 Å². The van der Waals surface area contributed by atoms with Gasteiger partial charge in [-0.05, 0) is 31.4 Å². The van der Waals surface area contributed by atoms with Crippen LogP contribution >= 0.6 is 0 Å². The van der Waals surface area contributed by atoms with Crippen LogP contribution in [-0.4, -0.2) is 29.0 Å². The lowest BCUT2D eigenvalue weighted by atomic mass is 10.1. The lowest BCUT2D eigenvalue weighted by Crippen LogP contribution is -2.25. The molecule has 0 bridgehead atoms. The molecule has 1 heterocycles. The van der Waals surface area contributed by atoms with E-state index in [0.717, 1.165) is 37.8 Å². The molecule has 2 aromatic rings. The van der Waals surface area contributed by atoms with Crippen molar-refractivity contribution in [3.63, 3.8) is 0 Å². The van der Waals surface area contributed by atoms with Crippen LogP contribution in [-0.2, 0) is 20.0 Å². The fourth-order valence-corrected chi connectivity index (χ4v) is 2.89. The largest absolute Gasteiger partial charge is 0.491 e. The van der Waals surface area contributed by atoms with Gasteiger partial charge in [-0.3, -0.25) is 13.9 Å². The number of hydrogen-bond donors (Lipinski definition) is 1. The maximum absolute atomic E-state index is 14.6. The molecule has 154 valence electrons. The highest BCUT2D eigenvalue weighted by Gasteiger charge is 2.14. The third kappa shape index (κ3) is 6.32. The van der Waals surface area contributed by atoms with E-state index in [9.17, 15) is 13.6 Å². The Morgan fingerprint density at radius 1 is 1.21 bits per heavy atom.